The highest BCUT2D eigenvalue weighted by molar-refractivity contribution is 5.96. The van der Waals surface area contributed by atoms with Crippen LogP contribution < -0.4 is 15.4 Å². The third-order valence-electron chi connectivity index (χ3n) is 3.62. The van der Waals surface area contributed by atoms with Crippen LogP contribution in [0.15, 0.2) is 48.5 Å². The highest BCUT2D eigenvalue weighted by atomic mass is 19.4. The number of benzene rings is 2. The first kappa shape index (κ1) is 21.3. The molecular weight excluding hydrogens is 373 g/mol. The molecule has 8 heteroatoms. The van der Waals surface area contributed by atoms with Crippen molar-refractivity contribution in [1.29, 1.82) is 0 Å². The summed E-state index contributed by atoms with van der Waals surface area (Å²) >= 11 is 0. The summed E-state index contributed by atoms with van der Waals surface area (Å²) < 4.78 is 43.2. The number of anilines is 2. The highest BCUT2D eigenvalue weighted by Gasteiger charge is 2.30. The average Bonchev–Trinajstić information content (AvgIpc) is 2.59. The van der Waals surface area contributed by atoms with E-state index in [4.69, 9.17) is 4.74 Å². The molecule has 2 N–H and O–H groups in total. The number of hydrogen-bond acceptors (Lipinski definition) is 3. The molecule has 0 aliphatic carbocycles. The Kier molecular flexibility index (Phi) is 6.33. The third kappa shape index (κ3) is 6.29. The van der Waals surface area contributed by atoms with Gasteiger partial charge in [0.05, 0.1) is 5.56 Å². The molecule has 0 radical (unpaired) electrons. The predicted molar refractivity (Wildman–Crippen MR) is 100 cm³/mol. The van der Waals surface area contributed by atoms with Crippen molar-refractivity contribution in [1.82, 2.24) is 0 Å². The molecule has 2 aromatic rings. The zero-order chi connectivity index (χ0) is 20.9. The van der Waals surface area contributed by atoms with E-state index >= 15 is 0 Å². The first-order chi connectivity index (χ1) is 12.9. The fourth-order valence-corrected chi connectivity index (χ4v) is 2.10. The minimum absolute atomic E-state index is 0.0591. The molecule has 0 aliphatic heterocycles. The van der Waals surface area contributed by atoms with Gasteiger partial charge < -0.3 is 15.4 Å². The van der Waals surface area contributed by atoms with Crippen LogP contribution >= 0.6 is 0 Å². The summed E-state index contributed by atoms with van der Waals surface area (Å²) in [5.41, 5.74) is -0.494. The molecule has 0 spiro atoms. The maximum atomic E-state index is 12.7. The lowest BCUT2D eigenvalue weighted by Crippen LogP contribution is -2.27. The molecular formula is C20H21F3N2O3. The van der Waals surface area contributed by atoms with Gasteiger partial charge in [0.25, 0.3) is 5.91 Å². The molecule has 0 saturated carbocycles. The Bertz CT molecular complexity index is 858. The standard InChI is InChI=1S/C20H21F3N2O3/c1-19(2,3)18(27)25-15-8-5-7-14(11-15)24-17(26)12-28-16-9-4-6-13(10-16)20(21,22)23/h4-11H,12H2,1-3H3,(H,24,26)(H,25,27). The molecule has 0 heterocycles. The van der Waals surface area contributed by atoms with Gasteiger partial charge in [0.2, 0.25) is 5.91 Å². The van der Waals surface area contributed by atoms with Gasteiger partial charge in [0, 0.05) is 16.8 Å². The van der Waals surface area contributed by atoms with Crippen LogP contribution in [0.1, 0.15) is 26.3 Å². The van der Waals surface area contributed by atoms with Crippen LogP contribution in [-0.2, 0) is 15.8 Å². The largest absolute Gasteiger partial charge is 0.484 e. The zero-order valence-corrected chi connectivity index (χ0v) is 15.7. The van der Waals surface area contributed by atoms with Crippen LogP contribution in [0, 0.1) is 5.41 Å². The van der Waals surface area contributed by atoms with Crippen molar-refractivity contribution >= 4 is 23.2 Å². The van der Waals surface area contributed by atoms with E-state index in [0.29, 0.717) is 11.4 Å². The molecule has 28 heavy (non-hydrogen) atoms. The SMILES string of the molecule is CC(C)(C)C(=O)Nc1cccc(NC(=O)COc2cccc(C(F)(F)F)c2)c1. The molecule has 2 amide bonds. The molecule has 0 fully saturated rings. The number of rotatable bonds is 5. The molecule has 0 bridgehead atoms. The third-order valence-corrected chi connectivity index (χ3v) is 3.62. The summed E-state index contributed by atoms with van der Waals surface area (Å²) in [5, 5.41) is 5.32. The Morgan fingerprint density at radius 3 is 2.14 bits per heavy atom. The Morgan fingerprint density at radius 2 is 1.54 bits per heavy atom. The quantitative estimate of drug-likeness (QED) is 0.772. The summed E-state index contributed by atoms with van der Waals surface area (Å²) in [7, 11) is 0. The molecule has 0 saturated heterocycles. The minimum atomic E-state index is -4.49. The van der Waals surface area contributed by atoms with Gasteiger partial charge in [-0.2, -0.15) is 13.2 Å². The summed E-state index contributed by atoms with van der Waals surface area (Å²) in [6.45, 7) is 4.87. The van der Waals surface area contributed by atoms with Crippen LogP contribution in [0.25, 0.3) is 0 Å². The van der Waals surface area contributed by atoms with E-state index in [-0.39, 0.29) is 11.7 Å². The van der Waals surface area contributed by atoms with Crippen molar-refractivity contribution < 1.29 is 27.5 Å². The molecule has 0 aromatic heterocycles. The smallest absolute Gasteiger partial charge is 0.416 e. The van der Waals surface area contributed by atoms with Gasteiger partial charge in [-0.25, -0.2) is 0 Å². The van der Waals surface area contributed by atoms with Gasteiger partial charge in [-0.05, 0) is 36.4 Å². The van der Waals surface area contributed by atoms with E-state index in [1.807, 2.05) is 0 Å². The normalized spacial score (nSPS) is 11.6. The van der Waals surface area contributed by atoms with Crippen molar-refractivity contribution in [3.05, 3.63) is 54.1 Å². The van der Waals surface area contributed by atoms with E-state index in [1.165, 1.54) is 12.1 Å². The van der Waals surface area contributed by atoms with Crippen LogP contribution in [0.2, 0.25) is 0 Å². The van der Waals surface area contributed by atoms with Gasteiger partial charge in [-0.3, -0.25) is 9.59 Å². The molecule has 2 rings (SSSR count). The molecule has 5 nitrogen and oxygen atoms in total. The zero-order valence-electron chi connectivity index (χ0n) is 15.7. The predicted octanol–water partition coefficient (Wildman–Crippen LogP) is 4.71. The number of amides is 2. The monoisotopic (exact) mass is 394 g/mol. The van der Waals surface area contributed by atoms with Crippen molar-refractivity contribution in [3.8, 4) is 5.75 Å². The second-order valence-electron chi connectivity index (χ2n) is 7.15. The molecule has 2 aromatic carbocycles. The van der Waals surface area contributed by atoms with E-state index in [9.17, 15) is 22.8 Å². The molecule has 150 valence electrons. The van der Waals surface area contributed by atoms with E-state index in [2.05, 4.69) is 10.6 Å². The number of hydrogen-bond donors (Lipinski definition) is 2. The Labute approximate surface area is 160 Å². The van der Waals surface area contributed by atoms with Crippen molar-refractivity contribution in [2.45, 2.75) is 26.9 Å². The Morgan fingerprint density at radius 1 is 0.929 bits per heavy atom. The van der Waals surface area contributed by atoms with E-state index in [0.717, 1.165) is 12.1 Å². The minimum Gasteiger partial charge on any atom is -0.484 e. The lowest BCUT2D eigenvalue weighted by atomic mass is 9.95. The van der Waals surface area contributed by atoms with Gasteiger partial charge in [0.1, 0.15) is 5.75 Å². The maximum Gasteiger partial charge on any atom is 0.416 e. The summed E-state index contributed by atoms with van der Waals surface area (Å²) in [6, 6.07) is 10.8. The average molecular weight is 394 g/mol. The van der Waals surface area contributed by atoms with Crippen molar-refractivity contribution in [3.63, 3.8) is 0 Å². The fraction of sp³-hybridized carbons (Fsp3) is 0.300. The van der Waals surface area contributed by atoms with Crippen LogP contribution in [0.3, 0.4) is 0 Å². The molecule has 0 atom stereocenters. The highest BCUT2D eigenvalue weighted by Crippen LogP contribution is 2.31. The summed E-state index contributed by atoms with van der Waals surface area (Å²) in [5.74, 6) is -0.781. The first-order valence-electron chi connectivity index (χ1n) is 8.46. The number of alkyl halides is 3. The summed E-state index contributed by atoms with van der Waals surface area (Å²) in [6.07, 6.45) is -4.49. The van der Waals surface area contributed by atoms with Crippen LogP contribution in [-0.4, -0.2) is 18.4 Å². The fourth-order valence-electron chi connectivity index (χ4n) is 2.10. The first-order valence-corrected chi connectivity index (χ1v) is 8.46. The molecule has 0 unspecified atom stereocenters. The molecule has 0 aliphatic rings. The number of nitrogens with one attached hydrogen (secondary N) is 2. The van der Waals surface area contributed by atoms with Gasteiger partial charge in [0.15, 0.2) is 6.61 Å². The number of halogens is 3. The lowest BCUT2D eigenvalue weighted by molar-refractivity contribution is -0.137. The summed E-state index contributed by atoms with van der Waals surface area (Å²) in [4.78, 5) is 24.0. The number of ether oxygens (including phenoxy) is 1. The van der Waals surface area contributed by atoms with Crippen LogP contribution in [0.4, 0.5) is 24.5 Å². The number of carbonyl (C=O) groups is 2. The number of carbonyl (C=O) groups excluding carboxylic acids is 2. The van der Waals surface area contributed by atoms with Crippen molar-refractivity contribution in [2.24, 2.45) is 5.41 Å². The van der Waals surface area contributed by atoms with Gasteiger partial charge in [-0.15, -0.1) is 0 Å². The Hall–Kier alpha value is -3.03. The second kappa shape index (κ2) is 8.33. The van der Waals surface area contributed by atoms with Crippen LogP contribution in [0.5, 0.6) is 5.75 Å². The van der Waals surface area contributed by atoms with E-state index in [1.54, 1.807) is 45.0 Å². The second-order valence-corrected chi connectivity index (χ2v) is 7.15. The van der Waals surface area contributed by atoms with Crippen molar-refractivity contribution in [2.75, 3.05) is 17.2 Å². The van der Waals surface area contributed by atoms with E-state index < -0.39 is 29.7 Å². The topological polar surface area (TPSA) is 67.4 Å². The lowest BCUT2D eigenvalue weighted by Gasteiger charge is -2.18. The Balaban J connectivity index is 1.95. The van der Waals surface area contributed by atoms with Gasteiger partial charge >= 0.3 is 6.18 Å². The maximum absolute atomic E-state index is 12.7. The van der Waals surface area contributed by atoms with Gasteiger partial charge in [-0.1, -0.05) is 32.9 Å².